The maximum Gasteiger partial charge on any atom is 0.0571 e. The zero-order chi connectivity index (χ0) is 14.1. The molecule has 3 heteroatoms. The molecule has 104 valence electrons. The SMILES string of the molecule is CCN(CC)c1ccc2c(c1)N(C)c1ccccc1S2. The maximum absolute atomic E-state index is 2.39. The van der Waals surface area contributed by atoms with Crippen LogP contribution in [-0.4, -0.2) is 20.1 Å². The third-order valence-electron chi connectivity index (χ3n) is 3.88. The van der Waals surface area contributed by atoms with Crippen molar-refractivity contribution in [1.82, 2.24) is 0 Å². The fourth-order valence-corrected chi connectivity index (χ4v) is 3.84. The Morgan fingerprint density at radius 2 is 1.65 bits per heavy atom. The van der Waals surface area contributed by atoms with E-state index in [1.807, 2.05) is 11.8 Å². The van der Waals surface area contributed by atoms with E-state index in [-0.39, 0.29) is 0 Å². The van der Waals surface area contributed by atoms with Crippen molar-refractivity contribution in [2.24, 2.45) is 0 Å². The van der Waals surface area contributed by atoms with Crippen LogP contribution in [0.25, 0.3) is 0 Å². The van der Waals surface area contributed by atoms with Crippen LogP contribution in [0.5, 0.6) is 0 Å². The lowest BCUT2D eigenvalue weighted by Gasteiger charge is -2.31. The van der Waals surface area contributed by atoms with Gasteiger partial charge < -0.3 is 9.80 Å². The molecule has 0 aromatic heterocycles. The molecule has 0 aliphatic carbocycles. The first kappa shape index (κ1) is 13.4. The average molecular weight is 284 g/mol. The summed E-state index contributed by atoms with van der Waals surface area (Å²) < 4.78 is 0. The molecule has 1 aliphatic heterocycles. The van der Waals surface area contributed by atoms with E-state index in [9.17, 15) is 0 Å². The molecule has 3 rings (SSSR count). The summed E-state index contributed by atoms with van der Waals surface area (Å²) in [5.41, 5.74) is 3.90. The Balaban J connectivity index is 2.04. The van der Waals surface area contributed by atoms with Gasteiger partial charge in [-0.15, -0.1) is 0 Å². The van der Waals surface area contributed by atoms with Gasteiger partial charge in [0.1, 0.15) is 0 Å². The third kappa shape index (κ3) is 2.16. The molecule has 20 heavy (non-hydrogen) atoms. The molecule has 1 aliphatic rings. The van der Waals surface area contributed by atoms with Gasteiger partial charge in [-0.3, -0.25) is 0 Å². The van der Waals surface area contributed by atoms with E-state index in [1.165, 1.54) is 26.9 Å². The molecule has 0 amide bonds. The van der Waals surface area contributed by atoms with Gasteiger partial charge in [-0.2, -0.15) is 0 Å². The van der Waals surface area contributed by atoms with E-state index in [0.717, 1.165) is 13.1 Å². The van der Waals surface area contributed by atoms with Crippen LogP contribution in [-0.2, 0) is 0 Å². The molecule has 0 saturated carbocycles. The summed E-state index contributed by atoms with van der Waals surface area (Å²) in [5, 5.41) is 0. The van der Waals surface area contributed by atoms with Crippen LogP contribution in [0.15, 0.2) is 52.3 Å². The Morgan fingerprint density at radius 3 is 2.40 bits per heavy atom. The van der Waals surface area contributed by atoms with Crippen LogP contribution in [0, 0.1) is 0 Å². The van der Waals surface area contributed by atoms with Crippen LogP contribution >= 0.6 is 11.8 Å². The molecule has 0 atom stereocenters. The Hall–Kier alpha value is -1.61. The standard InChI is InChI=1S/C17H20N2S/c1-4-19(5-2)13-10-11-17-15(12-13)18(3)14-8-6-7-9-16(14)20-17/h6-12H,4-5H2,1-3H3. The normalized spacial score (nSPS) is 12.8. The second kappa shape index (κ2) is 5.41. The van der Waals surface area contributed by atoms with Crippen molar-refractivity contribution in [3.63, 3.8) is 0 Å². The fraction of sp³-hybridized carbons (Fsp3) is 0.294. The quantitative estimate of drug-likeness (QED) is 0.802. The number of nitrogens with zero attached hydrogens (tertiary/aromatic N) is 2. The van der Waals surface area contributed by atoms with Crippen molar-refractivity contribution >= 4 is 28.8 Å². The molecule has 0 radical (unpaired) electrons. The minimum absolute atomic E-state index is 1.04. The van der Waals surface area contributed by atoms with Gasteiger partial charge in [-0.05, 0) is 44.2 Å². The Bertz CT molecular complexity index is 620. The predicted octanol–water partition coefficient (Wildman–Crippen LogP) is 4.77. The molecular weight excluding hydrogens is 264 g/mol. The highest BCUT2D eigenvalue weighted by Crippen LogP contribution is 2.48. The summed E-state index contributed by atoms with van der Waals surface area (Å²) in [5.74, 6) is 0. The number of fused-ring (bicyclic) bond motifs is 2. The average Bonchev–Trinajstić information content (AvgIpc) is 2.49. The topological polar surface area (TPSA) is 6.48 Å². The smallest absolute Gasteiger partial charge is 0.0571 e. The molecule has 0 bridgehead atoms. The lowest BCUT2D eigenvalue weighted by Crippen LogP contribution is -2.22. The van der Waals surface area contributed by atoms with Crippen molar-refractivity contribution in [3.05, 3.63) is 42.5 Å². The van der Waals surface area contributed by atoms with Crippen molar-refractivity contribution in [2.75, 3.05) is 29.9 Å². The first-order valence-corrected chi connectivity index (χ1v) is 7.95. The molecule has 0 N–H and O–H groups in total. The summed E-state index contributed by atoms with van der Waals surface area (Å²) in [6.07, 6.45) is 0. The largest absolute Gasteiger partial charge is 0.372 e. The van der Waals surface area contributed by atoms with Gasteiger partial charge in [0.25, 0.3) is 0 Å². The molecule has 2 aromatic rings. The van der Waals surface area contributed by atoms with Crippen molar-refractivity contribution < 1.29 is 0 Å². The van der Waals surface area contributed by atoms with Crippen LogP contribution in [0.3, 0.4) is 0 Å². The highest BCUT2D eigenvalue weighted by atomic mass is 32.2. The van der Waals surface area contributed by atoms with Gasteiger partial charge in [-0.25, -0.2) is 0 Å². The Kier molecular flexibility index (Phi) is 3.62. The zero-order valence-electron chi connectivity index (χ0n) is 12.3. The van der Waals surface area contributed by atoms with E-state index >= 15 is 0 Å². The Labute approximate surface area is 125 Å². The van der Waals surface area contributed by atoms with Crippen molar-refractivity contribution in [1.29, 1.82) is 0 Å². The van der Waals surface area contributed by atoms with E-state index in [4.69, 9.17) is 0 Å². The van der Waals surface area contributed by atoms with E-state index in [0.29, 0.717) is 0 Å². The minimum atomic E-state index is 1.04. The summed E-state index contributed by atoms with van der Waals surface area (Å²) in [6, 6.07) is 15.4. The number of anilines is 3. The maximum atomic E-state index is 2.39. The number of para-hydroxylation sites is 1. The first-order chi connectivity index (χ1) is 9.74. The van der Waals surface area contributed by atoms with Gasteiger partial charge in [0.05, 0.1) is 11.4 Å². The van der Waals surface area contributed by atoms with E-state index in [1.54, 1.807) is 0 Å². The highest BCUT2D eigenvalue weighted by Gasteiger charge is 2.20. The van der Waals surface area contributed by atoms with Crippen molar-refractivity contribution in [2.45, 2.75) is 23.6 Å². The lowest BCUT2D eigenvalue weighted by atomic mass is 10.2. The van der Waals surface area contributed by atoms with Crippen LogP contribution in [0.1, 0.15) is 13.8 Å². The fourth-order valence-electron chi connectivity index (χ4n) is 2.71. The first-order valence-electron chi connectivity index (χ1n) is 7.14. The van der Waals surface area contributed by atoms with Crippen LogP contribution < -0.4 is 9.80 Å². The number of rotatable bonds is 3. The molecule has 0 unspecified atom stereocenters. The zero-order valence-corrected chi connectivity index (χ0v) is 13.1. The number of hydrogen-bond acceptors (Lipinski definition) is 3. The molecular formula is C17H20N2S. The number of benzene rings is 2. The minimum Gasteiger partial charge on any atom is -0.372 e. The molecule has 0 fully saturated rings. The molecule has 1 heterocycles. The monoisotopic (exact) mass is 284 g/mol. The Morgan fingerprint density at radius 1 is 0.950 bits per heavy atom. The summed E-state index contributed by atoms with van der Waals surface area (Å²) in [4.78, 5) is 7.35. The van der Waals surface area contributed by atoms with E-state index < -0.39 is 0 Å². The molecule has 0 saturated heterocycles. The molecule has 0 spiro atoms. The van der Waals surface area contributed by atoms with Gasteiger partial charge >= 0.3 is 0 Å². The second-order valence-electron chi connectivity index (χ2n) is 4.95. The lowest BCUT2D eigenvalue weighted by molar-refractivity contribution is 0.865. The van der Waals surface area contributed by atoms with Crippen molar-refractivity contribution in [3.8, 4) is 0 Å². The van der Waals surface area contributed by atoms with E-state index in [2.05, 4.69) is 73.2 Å². The summed E-state index contributed by atoms with van der Waals surface area (Å²) in [6.45, 7) is 6.50. The van der Waals surface area contributed by atoms with Gasteiger partial charge in [0.2, 0.25) is 0 Å². The number of hydrogen-bond donors (Lipinski definition) is 0. The highest BCUT2D eigenvalue weighted by molar-refractivity contribution is 7.99. The third-order valence-corrected chi connectivity index (χ3v) is 5.01. The molecule has 2 nitrogen and oxygen atoms in total. The molecule has 2 aromatic carbocycles. The van der Waals surface area contributed by atoms with Crippen LogP contribution in [0.4, 0.5) is 17.1 Å². The second-order valence-corrected chi connectivity index (χ2v) is 6.04. The summed E-state index contributed by atoms with van der Waals surface area (Å²) in [7, 11) is 2.16. The van der Waals surface area contributed by atoms with Gasteiger partial charge in [0, 0.05) is 35.6 Å². The van der Waals surface area contributed by atoms with Crippen LogP contribution in [0.2, 0.25) is 0 Å². The van der Waals surface area contributed by atoms with Gasteiger partial charge in [-0.1, -0.05) is 23.9 Å². The predicted molar refractivity (Wildman–Crippen MR) is 88.6 cm³/mol. The van der Waals surface area contributed by atoms with Gasteiger partial charge in [0.15, 0.2) is 0 Å². The summed E-state index contributed by atoms with van der Waals surface area (Å²) >= 11 is 1.86.